The molecule has 0 spiro atoms. The van der Waals surface area contributed by atoms with Crippen LogP contribution in [0.25, 0.3) is 0 Å². The van der Waals surface area contributed by atoms with Gasteiger partial charge in [0, 0.05) is 12.8 Å². The van der Waals surface area contributed by atoms with Gasteiger partial charge in [-0.25, -0.2) is 0 Å². The summed E-state index contributed by atoms with van der Waals surface area (Å²) >= 11 is 6.28. The molecule has 2 saturated heterocycles. The predicted molar refractivity (Wildman–Crippen MR) is 107 cm³/mol. The topological polar surface area (TPSA) is 119 Å². The minimum Gasteiger partial charge on any atom is -0.388 e. The van der Waals surface area contributed by atoms with E-state index in [-0.39, 0.29) is 11.9 Å². The highest BCUT2D eigenvalue weighted by molar-refractivity contribution is 7.84. The van der Waals surface area contributed by atoms with Crippen molar-refractivity contribution in [2.75, 3.05) is 19.8 Å². The Morgan fingerprint density at radius 3 is 2.50 bits per heavy atom. The fourth-order valence-corrected chi connectivity index (χ4v) is 5.24. The van der Waals surface area contributed by atoms with Gasteiger partial charge in [0.25, 0.3) is 0 Å². The number of alkyl halides is 1. The van der Waals surface area contributed by atoms with Crippen molar-refractivity contribution in [1.82, 2.24) is 10.2 Å². The minimum atomic E-state index is -1.60. The molecule has 1 amide bonds. The molecule has 4 N–H and O–H groups in total. The van der Waals surface area contributed by atoms with E-state index in [4.69, 9.17) is 16.3 Å². The number of amides is 1. The second-order valence-corrected chi connectivity index (χ2v) is 10.1. The highest BCUT2D eigenvalue weighted by Gasteiger charge is 2.49. The Morgan fingerprint density at radius 2 is 1.96 bits per heavy atom. The number of hydrogen-bond donors (Lipinski definition) is 4. The van der Waals surface area contributed by atoms with Crippen LogP contribution in [0.5, 0.6) is 0 Å². The monoisotopic (exact) mass is 440 g/mol. The van der Waals surface area contributed by atoms with Crippen LogP contribution in [0.3, 0.4) is 0 Å². The van der Waals surface area contributed by atoms with Crippen LogP contribution in [-0.4, -0.2) is 97.5 Å². The molecule has 164 valence electrons. The average Bonchev–Trinajstić information content (AvgIpc) is 2.98. The number of carbonyl (C=O) groups excluding carboxylic acids is 1. The highest BCUT2D eigenvalue weighted by atomic mass is 35.5. The largest absolute Gasteiger partial charge is 0.388 e. The third-order valence-electron chi connectivity index (χ3n) is 5.73. The van der Waals surface area contributed by atoms with Gasteiger partial charge in [0.15, 0.2) is 5.44 Å². The summed E-state index contributed by atoms with van der Waals surface area (Å²) in [5.74, 6) is 0.238. The summed E-state index contributed by atoms with van der Waals surface area (Å²) in [7, 11) is 0.301. The average molecular weight is 441 g/mol. The lowest BCUT2D eigenvalue weighted by Gasteiger charge is -2.43. The molecule has 2 aliphatic heterocycles. The highest BCUT2D eigenvalue weighted by Crippen LogP contribution is 2.29. The number of nitrogens with zero attached hydrogens (tertiary/aromatic N) is 1. The van der Waals surface area contributed by atoms with Gasteiger partial charge >= 0.3 is 0 Å². The molecule has 0 aromatic rings. The first-order valence-corrected chi connectivity index (χ1v) is 11.8. The molecule has 0 bridgehead atoms. The molecule has 2 fully saturated rings. The van der Waals surface area contributed by atoms with Crippen molar-refractivity contribution in [3.8, 4) is 0 Å². The molecule has 0 aromatic heterocycles. The van der Waals surface area contributed by atoms with Gasteiger partial charge in [-0.15, -0.1) is 11.6 Å². The first-order chi connectivity index (χ1) is 13.1. The Balaban J connectivity index is 2.14. The van der Waals surface area contributed by atoms with E-state index in [2.05, 4.69) is 12.2 Å². The number of aliphatic hydroxyl groups excluding tert-OH is 3. The molecule has 8 nitrogen and oxygen atoms in total. The summed E-state index contributed by atoms with van der Waals surface area (Å²) in [6.45, 7) is 4.61. The minimum absolute atomic E-state index is 0.218. The normalized spacial score (nSPS) is 40.1. The van der Waals surface area contributed by atoms with Gasteiger partial charge < -0.3 is 25.4 Å². The van der Waals surface area contributed by atoms with E-state index in [1.807, 2.05) is 11.9 Å². The zero-order valence-electron chi connectivity index (χ0n) is 16.8. The van der Waals surface area contributed by atoms with Crippen molar-refractivity contribution in [3.05, 3.63) is 0 Å². The maximum Gasteiger partial charge on any atom is 0.237 e. The van der Waals surface area contributed by atoms with E-state index < -0.39 is 52.1 Å². The van der Waals surface area contributed by atoms with Gasteiger partial charge in [-0.05, 0) is 32.7 Å². The van der Waals surface area contributed by atoms with Crippen molar-refractivity contribution < 1.29 is 29.1 Å². The maximum atomic E-state index is 12.9. The van der Waals surface area contributed by atoms with E-state index in [1.54, 1.807) is 6.92 Å². The summed E-state index contributed by atoms with van der Waals surface area (Å²) < 4.78 is 17.5. The van der Waals surface area contributed by atoms with Gasteiger partial charge in [0.05, 0.1) is 28.3 Å². The third-order valence-corrected chi connectivity index (χ3v) is 7.04. The van der Waals surface area contributed by atoms with E-state index >= 15 is 0 Å². The Morgan fingerprint density at radius 1 is 1.32 bits per heavy atom. The number of nitrogens with one attached hydrogen (secondary N) is 1. The van der Waals surface area contributed by atoms with E-state index in [0.29, 0.717) is 5.92 Å². The van der Waals surface area contributed by atoms with Gasteiger partial charge in [-0.1, -0.05) is 13.3 Å². The van der Waals surface area contributed by atoms with E-state index in [0.717, 1.165) is 25.8 Å². The third kappa shape index (κ3) is 5.24. The number of ether oxygens (including phenoxy) is 1. The van der Waals surface area contributed by atoms with Gasteiger partial charge in [-0.2, -0.15) is 0 Å². The van der Waals surface area contributed by atoms with Crippen LogP contribution in [0, 0.1) is 5.92 Å². The number of likely N-dealkylation sites (N-methyl/N-ethyl adjacent to an activating group) is 1. The zero-order chi connectivity index (χ0) is 21.2. The van der Waals surface area contributed by atoms with E-state index in [1.165, 1.54) is 6.26 Å². The lowest BCUT2D eigenvalue weighted by molar-refractivity contribution is -0.206. The molecular formula is C18H33ClN2O6S. The Kier molecular flexibility index (Phi) is 8.69. The molecule has 28 heavy (non-hydrogen) atoms. The van der Waals surface area contributed by atoms with Crippen LogP contribution < -0.4 is 5.32 Å². The zero-order valence-corrected chi connectivity index (χ0v) is 18.4. The molecule has 0 radical (unpaired) electrons. The number of carbonyl (C=O) groups is 1. The van der Waals surface area contributed by atoms with Crippen LogP contribution in [0.2, 0.25) is 0 Å². The molecule has 0 aromatic carbocycles. The lowest BCUT2D eigenvalue weighted by atomic mass is 9.92. The smallest absolute Gasteiger partial charge is 0.237 e. The molecule has 0 saturated carbocycles. The van der Waals surface area contributed by atoms with Gasteiger partial charge in [0.1, 0.15) is 24.4 Å². The molecule has 10 heteroatoms. The Labute approximate surface area is 174 Å². The Hall–Kier alpha value is -0.290. The first kappa shape index (κ1) is 24.0. The van der Waals surface area contributed by atoms with Crippen molar-refractivity contribution in [2.24, 2.45) is 5.92 Å². The SMILES string of the molecule is CCC[C@@H]1C[C@H](C(=O)N[C@@H]([C@@H]2O[C@H]([S@](C)=O)[C@@H](O)[C@H](O)[C@H]2O)[C@H](C)Cl)N(C)C1. The second kappa shape index (κ2) is 10.1. The summed E-state index contributed by atoms with van der Waals surface area (Å²) in [6, 6.07) is -1.13. The van der Waals surface area contributed by atoms with Gasteiger partial charge in [0.2, 0.25) is 5.91 Å². The summed E-state index contributed by atoms with van der Waals surface area (Å²) in [5, 5.41) is 32.8. The summed E-state index contributed by atoms with van der Waals surface area (Å²) in [5.41, 5.74) is -1.18. The molecule has 0 aliphatic carbocycles. The molecule has 2 aliphatic rings. The van der Waals surface area contributed by atoms with Crippen LogP contribution >= 0.6 is 11.6 Å². The standard InChI is InChI=1S/C18H33ClN2O6S/c1-5-6-10-7-11(21(3)8-10)17(25)20-12(9(2)19)16-14(23)13(22)15(24)18(27-16)28(4)26/h9-16,18,22-24H,5-8H2,1-4H3,(H,20,25)/t9-,10+,11+,12+,13+,14+,15-,16-,18+,28-/m0/s1. The van der Waals surface area contributed by atoms with Crippen molar-refractivity contribution in [3.63, 3.8) is 0 Å². The van der Waals surface area contributed by atoms with Crippen LogP contribution in [0.4, 0.5) is 0 Å². The Bertz CT molecular complexity index is 568. The fourth-order valence-electron chi connectivity index (χ4n) is 4.19. The van der Waals surface area contributed by atoms with E-state index in [9.17, 15) is 24.3 Å². The van der Waals surface area contributed by atoms with Crippen LogP contribution in [0.1, 0.15) is 33.1 Å². The van der Waals surface area contributed by atoms with Crippen molar-refractivity contribution >= 4 is 28.3 Å². The first-order valence-electron chi connectivity index (χ1n) is 9.75. The second-order valence-electron chi connectivity index (χ2n) is 8.00. The number of hydrogen-bond acceptors (Lipinski definition) is 7. The summed E-state index contributed by atoms with van der Waals surface area (Å²) in [4.78, 5) is 14.9. The molecule has 0 unspecified atom stereocenters. The number of rotatable bonds is 7. The fraction of sp³-hybridized carbons (Fsp3) is 0.944. The molecule has 2 heterocycles. The van der Waals surface area contributed by atoms with Crippen molar-refractivity contribution in [1.29, 1.82) is 0 Å². The van der Waals surface area contributed by atoms with Crippen LogP contribution in [-0.2, 0) is 20.3 Å². The number of aliphatic hydroxyl groups is 3. The van der Waals surface area contributed by atoms with Gasteiger partial charge in [-0.3, -0.25) is 13.9 Å². The van der Waals surface area contributed by atoms with Crippen molar-refractivity contribution in [2.45, 2.75) is 80.4 Å². The number of halogens is 1. The lowest BCUT2D eigenvalue weighted by Crippen LogP contribution is -2.66. The molecule has 2 rings (SSSR count). The van der Waals surface area contributed by atoms with Crippen LogP contribution in [0.15, 0.2) is 0 Å². The maximum absolute atomic E-state index is 12.9. The quantitative estimate of drug-likeness (QED) is 0.390. The molecule has 10 atom stereocenters. The summed E-state index contributed by atoms with van der Waals surface area (Å²) in [6.07, 6.45) is -1.41. The molecular weight excluding hydrogens is 408 g/mol. The predicted octanol–water partition coefficient (Wildman–Crippen LogP) is -0.595. The number of likely N-dealkylation sites (tertiary alicyclic amines) is 1.